The number of likely N-dealkylation sites (tertiary alicyclic amines) is 1. The Kier molecular flexibility index (Phi) is 7.82. The Morgan fingerprint density at radius 2 is 2.10 bits per heavy atom. The summed E-state index contributed by atoms with van der Waals surface area (Å²) in [7, 11) is 1.71. The van der Waals surface area contributed by atoms with Crippen molar-refractivity contribution in [3.8, 4) is 5.75 Å². The number of nitrogens with zero attached hydrogens (tertiary/aromatic N) is 3. The molecule has 7 nitrogen and oxygen atoms in total. The number of guanidine groups is 1. The van der Waals surface area contributed by atoms with Gasteiger partial charge < -0.3 is 25.2 Å². The first kappa shape index (κ1) is 22.2. The summed E-state index contributed by atoms with van der Waals surface area (Å²) in [4.78, 5) is 21.5. The van der Waals surface area contributed by atoms with Crippen LogP contribution in [0.3, 0.4) is 0 Å². The zero-order chi connectivity index (χ0) is 21.5. The maximum absolute atomic E-state index is 12.2. The monoisotopic (exact) mass is 415 g/mol. The molecular weight excluding hydrogens is 378 g/mol. The molecule has 2 fully saturated rings. The van der Waals surface area contributed by atoms with Gasteiger partial charge in [0.05, 0.1) is 7.11 Å². The van der Waals surface area contributed by atoms with E-state index in [1.54, 1.807) is 7.11 Å². The van der Waals surface area contributed by atoms with Crippen LogP contribution in [0, 0.1) is 11.8 Å². The molecule has 2 unspecified atom stereocenters. The number of aliphatic imine (C=N–C) groups is 1. The second kappa shape index (κ2) is 10.5. The summed E-state index contributed by atoms with van der Waals surface area (Å²) < 4.78 is 5.36. The predicted octanol–water partition coefficient (Wildman–Crippen LogP) is 2.33. The molecule has 1 aromatic carbocycles. The number of nitrogens with one attached hydrogen (secondary N) is 2. The minimum absolute atomic E-state index is 0.0561. The van der Waals surface area contributed by atoms with Gasteiger partial charge in [-0.2, -0.15) is 0 Å². The van der Waals surface area contributed by atoms with Crippen molar-refractivity contribution in [3.05, 3.63) is 24.3 Å². The highest BCUT2D eigenvalue weighted by atomic mass is 16.5. The molecule has 0 aromatic heterocycles. The van der Waals surface area contributed by atoms with Gasteiger partial charge in [0.15, 0.2) is 5.96 Å². The molecule has 3 rings (SSSR count). The van der Waals surface area contributed by atoms with Crippen molar-refractivity contribution in [2.24, 2.45) is 16.8 Å². The largest absolute Gasteiger partial charge is 0.497 e. The third-order valence-corrected chi connectivity index (χ3v) is 5.89. The van der Waals surface area contributed by atoms with Crippen molar-refractivity contribution in [2.45, 2.75) is 39.7 Å². The molecule has 7 heteroatoms. The average molecular weight is 416 g/mol. The second-order valence-corrected chi connectivity index (χ2v) is 8.59. The third-order valence-electron chi connectivity index (χ3n) is 5.89. The SMILES string of the molecule is CCNC(=NCC1CCN(c2cccc(OC)c2)C1)NC1CCN(C(=O)C(C)C)C1. The molecule has 2 N–H and O–H groups in total. The van der Waals surface area contributed by atoms with Crippen LogP contribution in [0.4, 0.5) is 5.69 Å². The van der Waals surface area contributed by atoms with E-state index in [0.29, 0.717) is 5.92 Å². The quantitative estimate of drug-likeness (QED) is 0.528. The lowest BCUT2D eigenvalue weighted by atomic mass is 10.1. The number of anilines is 1. The van der Waals surface area contributed by atoms with Gasteiger partial charge >= 0.3 is 0 Å². The third kappa shape index (κ3) is 5.80. The summed E-state index contributed by atoms with van der Waals surface area (Å²) in [6.45, 7) is 11.3. The van der Waals surface area contributed by atoms with Crippen LogP contribution in [0.15, 0.2) is 29.3 Å². The van der Waals surface area contributed by atoms with E-state index >= 15 is 0 Å². The van der Waals surface area contributed by atoms with E-state index < -0.39 is 0 Å². The van der Waals surface area contributed by atoms with Crippen LogP contribution in [-0.2, 0) is 4.79 Å². The van der Waals surface area contributed by atoms with E-state index in [4.69, 9.17) is 9.73 Å². The fourth-order valence-corrected chi connectivity index (χ4v) is 4.20. The number of amides is 1. The lowest BCUT2D eigenvalue weighted by Gasteiger charge is -2.21. The number of hydrogen-bond acceptors (Lipinski definition) is 4. The Morgan fingerprint density at radius 1 is 1.27 bits per heavy atom. The van der Waals surface area contributed by atoms with Crippen molar-refractivity contribution in [3.63, 3.8) is 0 Å². The van der Waals surface area contributed by atoms with Gasteiger partial charge in [-0.15, -0.1) is 0 Å². The smallest absolute Gasteiger partial charge is 0.225 e. The molecule has 0 bridgehead atoms. The molecule has 1 amide bonds. The van der Waals surface area contributed by atoms with Crippen LogP contribution in [-0.4, -0.2) is 69.2 Å². The van der Waals surface area contributed by atoms with Crippen molar-refractivity contribution in [1.82, 2.24) is 15.5 Å². The number of carbonyl (C=O) groups is 1. The van der Waals surface area contributed by atoms with Crippen molar-refractivity contribution >= 4 is 17.6 Å². The molecular formula is C23H37N5O2. The highest BCUT2D eigenvalue weighted by molar-refractivity contribution is 5.81. The number of rotatable bonds is 7. The fraction of sp³-hybridized carbons (Fsp3) is 0.652. The van der Waals surface area contributed by atoms with Crippen LogP contribution in [0.5, 0.6) is 5.75 Å². The van der Waals surface area contributed by atoms with Gasteiger partial charge in [0.1, 0.15) is 5.75 Å². The molecule has 1 aromatic rings. The van der Waals surface area contributed by atoms with E-state index in [2.05, 4.69) is 34.6 Å². The molecule has 2 saturated heterocycles. The number of methoxy groups -OCH3 is 1. The molecule has 0 aliphatic carbocycles. The standard InChI is InChI=1S/C23H37N5O2/c1-5-24-23(26-19-10-12-28(16-19)22(29)17(2)3)25-14-18-9-11-27(15-18)20-7-6-8-21(13-20)30-4/h6-8,13,17-19H,5,9-12,14-16H2,1-4H3,(H2,24,25,26). The number of carbonyl (C=O) groups excluding carboxylic acids is 1. The van der Waals surface area contributed by atoms with Gasteiger partial charge in [-0.25, -0.2) is 0 Å². The highest BCUT2D eigenvalue weighted by Crippen LogP contribution is 2.27. The van der Waals surface area contributed by atoms with Crippen LogP contribution >= 0.6 is 0 Å². The minimum atomic E-state index is 0.0561. The first-order valence-electron chi connectivity index (χ1n) is 11.2. The van der Waals surface area contributed by atoms with E-state index in [1.165, 1.54) is 5.69 Å². The summed E-state index contributed by atoms with van der Waals surface area (Å²) in [5.41, 5.74) is 1.21. The summed E-state index contributed by atoms with van der Waals surface area (Å²) in [5.74, 6) is 2.59. The van der Waals surface area contributed by atoms with Crippen molar-refractivity contribution in [1.29, 1.82) is 0 Å². The van der Waals surface area contributed by atoms with Crippen LogP contribution in [0.1, 0.15) is 33.6 Å². The molecule has 0 radical (unpaired) electrons. The Balaban J connectivity index is 1.52. The Hall–Kier alpha value is -2.44. The zero-order valence-corrected chi connectivity index (χ0v) is 18.9. The number of hydrogen-bond donors (Lipinski definition) is 2. The fourth-order valence-electron chi connectivity index (χ4n) is 4.20. The molecule has 2 heterocycles. The van der Waals surface area contributed by atoms with Crippen LogP contribution < -0.4 is 20.3 Å². The summed E-state index contributed by atoms with van der Waals surface area (Å²) >= 11 is 0. The Labute approximate surface area is 180 Å². The highest BCUT2D eigenvalue weighted by Gasteiger charge is 2.28. The van der Waals surface area contributed by atoms with E-state index in [-0.39, 0.29) is 17.9 Å². The van der Waals surface area contributed by atoms with Gasteiger partial charge in [0, 0.05) is 63.0 Å². The van der Waals surface area contributed by atoms with E-state index in [9.17, 15) is 4.79 Å². The Bertz CT molecular complexity index is 736. The average Bonchev–Trinajstić information content (AvgIpc) is 3.41. The predicted molar refractivity (Wildman–Crippen MR) is 122 cm³/mol. The molecule has 166 valence electrons. The van der Waals surface area contributed by atoms with Gasteiger partial charge in [-0.1, -0.05) is 19.9 Å². The van der Waals surface area contributed by atoms with Gasteiger partial charge in [-0.05, 0) is 37.8 Å². The van der Waals surface area contributed by atoms with Crippen LogP contribution in [0.25, 0.3) is 0 Å². The molecule has 2 atom stereocenters. The van der Waals surface area contributed by atoms with Gasteiger partial charge in [0.2, 0.25) is 5.91 Å². The van der Waals surface area contributed by atoms with Gasteiger partial charge in [-0.3, -0.25) is 9.79 Å². The lowest BCUT2D eigenvalue weighted by Crippen LogP contribution is -2.45. The maximum atomic E-state index is 12.2. The minimum Gasteiger partial charge on any atom is -0.497 e. The molecule has 0 saturated carbocycles. The zero-order valence-electron chi connectivity index (χ0n) is 18.9. The van der Waals surface area contributed by atoms with E-state index in [1.807, 2.05) is 30.9 Å². The van der Waals surface area contributed by atoms with Gasteiger partial charge in [0.25, 0.3) is 0 Å². The Morgan fingerprint density at radius 3 is 2.83 bits per heavy atom. The van der Waals surface area contributed by atoms with E-state index in [0.717, 1.165) is 63.8 Å². The summed E-state index contributed by atoms with van der Waals surface area (Å²) in [6.07, 6.45) is 2.11. The summed E-state index contributed by atoms with van der Waals surface area (Å²) in [5, 5.41) is 6.90. The maximum Gasteiger partial charge on any atom is 0.225 e. The first-order valence-corrected chi connectivity index (χ1v) is 11.2. The first-order chi connectivity index (χ1) is 14.5. The number of ether oxygens (including phenoxy) is 1. The normalized spacial score (nSPS) is 22.0. The second-order valence-electron chi connectivity index (χ2n) is 8.59. The molecule has 30 heavy (non-hydrogen) atoms. The number of benzene rings is 1. The summed E-state index contributed by atoms with van der Waals surface area (Å²) in [6, 6.07) is 8.53. The lowest BCUT2D eigenvalue weighted by molar-refractivity contribution is -0.133. The molecule has 0 spiro atoms. The molecule has 2 aliphatic heterocycles. The van der Waals surface area contributed by atoms with Crippen LogP contribution in [0.2, 0.25) is 0 Å². The van der Waals surface area contributed by atoms with Crippen molar-refractivity contribution in [2.75, 3.05) is 51.3 Å². The topological polar surface area (TPSA) is 69.2 Å². The molecule has 2 aliphatic rings. The van der Waals surface area contributed by atoms with Crippen molar-refractivity contribution < 1.29 is 9.53 Å².